The molecule has 0 aliphatic heterocycles. The van der Waals surface area contributed by atoms with Gasteiger partial charge in [-0.15, -0.1) is 0 Å². The number of carbonyl (C=O) groups excluding carboxylic acids is 1. The molecule has 11 nitrogen and oxygen atoms in total. The van der Waals surface area contributed by atoms with Gasteiger partial charge in [-0.1, -0.05) is 6.92 Å². The number of hydrogen-bond acceptors (Lipinski definition) is 10. The molecule has 9 N–H and O–H groups in total. The Labute approximate surface area is 168 Å². The van der Waals surface area contributed by atoms with E-state index in [1.807, 2.05) is 0 Å². The van der Waals surface area contributed by atoms with Gasteiger partial charge >= 0.3 is 129 Å². The van der Waals surface area contributed by atoms with Gasteiger partial charge in [0.1, 0.15) is 0 Å². The molecule has 0 spiro atoms. The van der Waals surface area contributed by atoms with Crippen molar-refractivity contribution in [2.75, 3.05) is 51.8 Å². The van der Waals surface area contributed by atoms with Crippen molar-refractivity contribution in [2.24, 2.45) is 0 Å². The fourth-order valence-corrected chi connectivity index (χ4v) is 4.54. The van der Waals surface area contributed by atoms with E-state index in [9.17, 15) is 4.79 Å². The molecule has 0 unspecified atom stereocenters. The van der Waals surface area contributed by atoms with Gasteiger partial charge in [-0.05, 0) is 25.9 Å². The predicted molar refractivity (Wildman–Crippen MR) is 114 cm³/mol. The fraction of sp³-hybridized carbons (Fsp3) is 0.933. The molecule has 172 valence electrons. The van der Waals surface area contributed by atoms with Crippen LogP contribution >= 0.6 is 15.9 Å². The second-order valence-corrected chi connectivity index (χ2v) is 10.6. The summed E-state index contributed by atoms with van der Waals surface area (Å²) in [6, 6.07) is 0. The Bertz CT molecular complexity index is 393. The molecule has 0 rings (SSSR count). The van der Waals surface area contributed by atoms with Crippen LogP contribution in [0.1, 0.15) is 39.0 Å². The van der Waals surface area contributed by atoms with E-state index in [2.05, 4.69) is 22.9 Å². The van der Waals surface area contributed by atoms with Crippen molar-refractivity contribution >= 4 is 21.8 Å². The summed E-state index contributed by atoms with van der Waals surface area (Å²) in [5.74, 6) is -0.162. The Morgan fingerprint density at radius 2 is 1.29 bits per heavy atom. The topological polar surface area (TPSA) is 178 Å². The van der Waals surface area contributed by atoms with Gasteiger partial charge in [0.05, 0.1) is 0 Å². The van der Waals surface area contributed by atoms with Crippen LogP contribution in [0.4, 0.5) is 0 Å². The van der Waals surface area contributed by atoms with E-state index in [4.69, 9.17) is 29.4 Å². The molecule has 0 aromatic rings. The van der Waals surface area contributed by atoms with E-state index >= 15 is 0 Å². The quantitative estimate of drug-likeness (QED) is 0.0874. The van der Waals surface area contributed by atoms with Crippen molar-refractivity contribution in [3.63, 3.8) is 0 Å². The maximum atomic E-state index is 11.8. The van der Waals surface area contributed by atoms with Crippen molar-refractivity contribution < 1.29 is 34.2 Å². The van der Waals surface area contributed by atoms with E-state index in [-0.39, 0.29) is 18.9 Å². The van der Waals surface area contributed by atoms with Crippen LogP contribution in [-0.4, -0.2) is 92.0 Å². The van der Waals surface area contributed by atoms with Gasteiger partial charge in [-0.3, -0.25) is 0 Å². The Morgan fingerprint density at radius 1 is 0.786 bits per heavy atom. The first-order chi connectivity index (χ1) is 13.0. The molecule has 0 aliphatic rings. The first-order valence-electron chi connectivity index (χ1n) is 9.78. The third kappa shape index (κ3) is 20.7. The molecule has 0 aromatic heterocycles. The van der Waals surface area contributed by atoms with E-state index in [0.717, 1.165) is 50.3 Å². The van der Waals surface area contributed by atoms with Crippen LogP contribution in [0.15, 0.2) is 0 Å². The number of amides is 1. The van der Waals surface area contributed by atoms with E-state index < -0.39 is 28.5 Å². The van der Waals surface area contributed by atoms with E-state index in [1.165, 1.54) is 0 Å². The van der Waals surface area contributed by atoms with E-state index in [1.54, 1.807) is 0 Å². The molecule has 0 saturated carbocycles. The number of carbonyl (C=O) groups is 1. The minimum atomic E-state index is -4.44. The fourth-order valence-electron chi connectivity index (χ4n) is 2.57. The average molecular weight is 450 g/mol. The SMILES string of the molecule is CCCNCCCNCCCNC(=O)CCCN(C[PH](O)(O)O)C[PH](O)(O)O. The molecule has 0 aromatic carbocycles. The molecule has 13 heteroatoms. The normalized spacial score (nSPS) is 13.7. The van der Waals surface area contributed by atoms with Gasteiger partial charge in [0.15, 0.2) is 0 Å². The summed E-state index contributed by atoms with van der Waals surface area (Å²) < 4.78 is 0. The molecule has 0 saturated heterocycles. The number of rotatable bonds is 18. The molecule has 0 heterocycles. The van der Waals surface area contributed by atoms with Crippen LogP contribution in [0.2, 0.25) is 0 Å². The minimum absolute atomic E-state index is 0.105. The summed E-state index contributed by atoms with van der Waals surface area (Å²) in [6.45, 7) is 6.55. The van der Waals surface area contributed by atoms with Crippen LogP contribution in [0, 0.1) is 0 Å². The summed E-state index contributed by atoms with van der Waals surface area (Å²) >= 11 is 0. The zero-order chi connectivity index (χ0) is 21.5. The third-order valence-electron chi connectivity index (χ3n) is 3.74. The van der Waals surface area contributed by atoms with Gasteiger partial charge in [0, 0.05) is 0 Å². The van der Waals surface area contributed by atoms with Crippen LogP contribution in [0.3, 0.4) is 0 Å². The van der Waals surface area contributed by atoms with Crippen molar-refractivity contribution in [1.29, 1.82) is 0 Å². The van der Waals surface area contributed by atoms with Gasteiger partial charge < -0.3 is 5.32 Å². The second-order valence-electron chi connectivity index (χ2n) is 6.92. The Hall–Kier alpha value is -0.0300. The molecule has 0 aliphatic carbocycles. The van der Waals surface area contributed by atoms with Gasteiger partial charge in [-0.25, -0.2) is 0 Å². The molecule has 0 fully saturated rings. The summed E-state index contributed by atoms with van der Waals surface area (Å²) in [6.07, 6.45) is 2.34. The van der Waals surface area contributed by atoms with Crippen LogP contribution in [0.25, 0.3) is 0 Å². The number of nitrogens with zero attached hydrogens (tertiary/aromatic N) is 1. The van der Waals surface area contributed by atoms with E-state index in [0.29, 0.717) is 13.0 Å². The Balaban J connectivity index is 3.78. The summed E-state index contributed by atoms with van der Waals surface area (Å²) in [4.78, 5) is 67.8. The maximum absolute atomic E-state index is 11.8. The summed E-state index contributed by atoms with van der Waals surface area (Å²) in [5, 5.41) is 9.41. The molecule has 0 atom stereocenters. The van der Waals surface area contributed by atoms with Crippen molar-refractivity contribution in [3.05, 3.63) is 0 Å². The zero-order valence-corrected chi connectivity index (χ0v) is 18.7. The molecule has 28 heavy (non-hydrogen) atoms. The number of nitrogens with one attached hydrogen (secondary N) is 3. The molecule has 1 amide bonds. The van der Waals surface area contributed by atoms with Gasteiger partial charge in [0.25, 0.3) is 0 Å². The Kier molecular flexibility index (Phi) is 15.7. The first kappa shape index (κ1) is 28.0. The predicted octanol–water partition coefficient (Wildman–Crippen LogP) is -1.59. The number of hydrogen-bond donors (Lipinski definition) is 9. The monoisotopic (exact) mass is 450 g/mol. The van der Waals surface area contributed by atoms with Gasteiger partial charge in [-0.2, -0.15) is 0 Å². The average Bonchev–Trinajstić information content (AvgIpc) is 2.53. The van der Waals surface area contributed by atoms with Crippen LogP contribution < -0.4 is 16.0 Å². The second kappa shape index (κ2) is 15.8. The standard InChI is InChI=1S/C15H40N4O7P2/c1-2-7-16-8-4-9-17-10-5-11-18-15(20)6-3-12-19(13-27(21,22)23)14-28(24,25)26/h16-17,21-28H,2-14H2,1H3,(H,18,20). The van der Waals surface area contributed by atoms with Crippen molar-refractivity contribution in [2.45, 2.75) is 39.0 Å². The zero-order valence-electron chi connectivity index (χ0n) is 16.7. The molecule has 0 radical (unpaired) electrons. The van der Waals surface area contributed by atoms with Crippen molar-refractivity contribution in [1.82, 2.24) is 20.9 Å². The van der Waals surface area contributed by atoms with Crippen LogP contribution in [-0.2, 0) is 4.79 Å². The molecular formula is C15H40N4O7P2. The third-order valence-corrected chi connectivity index (χ3v) is 5.48. The first-order valence-corrected chi connectivity index (χ1v) is 13.9. The molecular weight excluding hydrogens is 410 g/mol. The molecule has 0 bridgehead atoms. The van der Waals surface area contributed by atoms with Crippen LogP contribution in [0.5, 0.6) is 0 Å². The van der Waals surface area contributed by atoms with Crippen molar-refractivity contribution in [3.8, 4) is 0 Å². The summed E-state index contributed by atoms with van der Waals surface area (Å²) in [7, 11) is -8.88. The Morgan fingerprint density at radius 3 is 1.79 bits per heavy atom. The summed E-state index contributed by atoms with van der Waals surface area (Å²) in [5.41, 5.74) is 0. The van der Waals surface area contributed by atoms with Gasteiger partial charge in [0.2, 0.25) is 0 Å².